The number of rotatable bonds is 5. The van der Waals surface area contributed by atoms with Gasteiger partial charge in [0.15, 0.2) is 0 Å². The van der Waals surface area contributed by atoms with Gasteiger partial charge in [0.05, 0.1) is 27.1 Å². The van der Waals surface area contributed by atoms with E-state index in [1.807, 2.05) is 4.90 Å². The zero-order valence-corrected chi connectivity index (χ0v) is 18.2. The summed E-state index contributed by atoms with van der Waals surface area (Å²) in [6, 6.07) is 14.2. The monoisotopic (exact) mass is 442 g/mol. The summed E-state index contributed by atoms with van der Waals surface area (Å²) in [6.45, 7) is 3.67. The van der Waals surface area contributed by atoms with Crippen LogP contribution in [0.1, 0.15) is 42.6 Å². The summed E-state index contributed by atoms with van der Waals surface area (Å²) in [5.41, 5.74) is 3.03. The lowest BCUT2D eigenvalue weighted by molar-refractivity contribution is -0.132. The van der Waals surface area contributed by atoms with Crippen molar-refractivity contribution in [3.05, 3.63) is 63.9 Å². The minimum absolute atomic E-state index is 0.00379. The molecule has 1 aromatic heterocycles. The number of halogens is 2. The Morgan fingerprint density at radius 2 is 1.90 bits per heavy atom. The zero-order valence-electron chi connectivity index (χ0n) is 16.7. The van der Waals surface area contributed by atoms with E-state index in [1.54, 1.807) is 12.1 Å². The summed E-state index contributed by atoms with van der Waals surface area (Å²) in [5, 5.41) is 0.993. The van der Waals surface area contributed by atoms with Gasteiger partial charge in [-0.3, -0.25) is 4.79 Å². The molecule has 2 aliphatic rings. The number of aromatic nitrogens is 2. The number of hydrogen-bond donors (Lipinski definition) is 1. The van der Waals surface area contributed by atoms with E-state index < -0.39 is 0 Å². The molecular weight excluding hydrogens is 419 g/mol. The van der Waals surface area contributed by atoms with Crippen molar-refractivity contribution in [2.24, 2.45) is 0 Å². The van der Waals surface area contributed by atoms with Crippen LogP contribution in [0.15, 0.2) is 42.5 Å². The maximum Gasteiger partial charge on any atom is 0.224 e. The molecule has 30 heavy (non-hydrogen) atoms. The van der Waals surface area contributed by atoms with Crippen LogP contribution in [-0.4, -0.2) is 51.9 Å². The molecule has 0 spiro atoms. The zero-order chi connectivity index (χ0) is 20.7. The Morgan fingerprint density at radius 3 is 2.70 bits per heavy atom. The highest BCUT2D eigenvalue weighted by Gasteiger charge is 2.33. The van der Waals surface area contributed by atoms with E-state index in [4.69, 9.17) is 28.2 Å². The van der Waals surface area contributed by atoms with Gasteiger partial charge in [0.2, 0.25) is 5.91 Å². The van der Waals surface area contributed by atoms with Crippen molar-refractivity contribution in [3.8, 4) is 0 Å². The summed E-state index contributed by atoms with van der Waals surface area (Å²) in [4.78, 5) is 25.3. The van der Waals surface area contributed by atoms with E-state index in [9.17, 15) is 4.79 Å². The van der Waals surface area contributed by atoms with Gasteiger partial charge in [0.25, 0.3) is 0 Å². The van der Waals surface area contributed by atoms with Crippen LogP contribution in [0.3, 0.4) is 0 Å². The fourth-order valence-electron chi connectivity index (χ4n) is 4.62. The number of likely N-dealkylation sites (tertiary alicyclic amines) is 2. The lowest BCUT2D eigenvalue weighted by atomic mass is 9.91. The smallest absolute Gasteiger partial charge is 0.224 e. The number of carbonyl (C=O) groups excluding carboxylic acids is 1. The average molecular weight is 443 g/mol. The molecule has 1 N–H and O–H groups in total. The second-order valence-corrected chi connectivity index (χ2v) is 9.08. The first kappa shape index (κ1) is 19.9. The van der Waals surface area contributed by atoms with Gasteiger partial charge < -0.3 is 14.8 Å². The maximum absolute atomic E-state index is 13.0. The van der Waals surface area contributed by atoms with Crippen molar-refractivity contribution in [2.45, 2.75) is 31.2 Å². The Balaban J connectivity index is 1.20. The molecule has 2 saturated heterocycles. The molecule has 5 nitrogen and oxygen atoms in total. The number of H-pyrrole nitrogens is 1. The predicted molar refractivity (Wildman–Crippen MR) is 120 cm³/mol. The number of carbonyl (C=O) groups is 1. The summed E-state index contributed by atoms with van der Waals surface area (Å²) in [7, 11) is 0. The molecule has 2 fully saturated rings. The summed E-state index contributed by atoms with van der Waals surface area (Å²) in [5.74, 6) is 1.62. The molecule has 5 rings (SSSR count). The third-order valence-corrected chi connectivity index (χ3v) is 7.02. The van der Waals surface area contributed by atoms with Crippen LogP contribution in [0.5, 0.6) is 0 Å². The van der Waals surface area contributed by atoms with E-state index in [2.05, 4.69) is 40.2 Å². The van der Waals surface area contributed by atoms with Gasteiger partial charge in [-0.1, -0.05) is 53.5 Å². The Labute approximate surface area is 186 Å². The molecule has 156 valence electrons. The van der Waals surface area contributed by atoms with Crippen LogP contribution in [0.25, 0.3) is 11.0 Å². The van der Waals surface area contributed by atoms with Gasteiger partial charge in [-0.2, -0.15) is 0 Å². The minimum Gasteiger partial charge on any atom is -0.340 e. The number of aromatic amines is 1. The van der Waals surface area contributed by atoms with E-state index in [0.29, 0.717) is 22.4 Å². The Kier molecular flexibility index (Phi) is 5.44. The van der Waals surface area contributed by atoms with Crippen molar-refractivity contribution in [1.29, 1.82) is 0 Å². The Hall–Kier alpha value is -2.08. The highest BCUT2D eigenvalue weighted by atomic mass is 35.5. The molecule has 0 saturated carbocycles. The van der Waals surface area contributed by atoms with E-state index in [1.165, 1.54) is 5.56 Å². The molecule has 7 heteroatoms. The van der Waals surface area contributed by atoms with E-state index in [-0.39, 0.29) is 11.9 Å². The molecule has 3 aromatic rings. The third kappa shape index (κ3) is 3.82. The first-order chi connectivity index (χ1) is 14.6. The van der Waals surface area contributed by atoms with Crippen LogP contribution in [0, 0.1) is 0 Å². The standard InChI is InChI=1S/C23H24Cl2N4O/c24-17-11-19-20(12-18(17)25)27-23(26-19)21-7-4-9-29(21)22(30)8-10-28-13-16(14-28)15-5-2-1-3-6-15/h1-3,5-6,11-12,16,21H,4,7-10,13-14H2,(H,26,27)/t21-/m0/s1. The second kappa shape index (κ2) is 8.22. The number of amides is 1. The number of benzene rings is 2. The van der Waals surface area contributed by atoms with Crippen LogP contribution >= 0.6 is 23.2 Å². The topological polar surface area (TPSA) is 52.2 Å². The van der Waals surface area contributed by atoms with Crippen molar-refractivity contribution in [2.75, 3.05) is 26.2 Å². The van der Waals surface area contributed by atoms with E-state index >= 15 is 0 Å². The summed E-state index contributed by atoms with van der Waals surface area (Å²) < 4.78 is 0. The first-order valence-corrected chi connectivity index (χ1v) is 11.3. The number of imidazole rings is 1. The molecule has 1 atom stereocenters. The van der Waals surface area contributed by atoms with Crippen LogP contribution < -0.4 is 0 Å². The lowest BCUT2D eigenvalue weighted by Gasteiger charge is -2.39. The molecular formula is C23H24Cl2N4O. The summed E-state index contributed by atoms with van der Waals surface area (Å²) in [6.07, 6.45) is 2.47. The van der Waals surface area contributed by atoms with Crippen molar-refractivity contribution in [3.63, 3.8) is 0 Å². The predicted octanol–water partition coefficient (Wildman–Crippen LogP) is 5.02. The van der Waals surface area contributed by atoms with Gasteiger partial charge in [-0.05, 0) is 30.5 Å². The maximum atomic E-state index is 13.0. The number of nitrogens with zero attached hydrogens (tertiary/aromatic N) is 3. The largest absolute Gasteiger partial charge is 0.340 e. The lowest BCUT2D eigenvalue weighted by Crippen LogP contribution is -2.46. The van der Waals surface area contributed by atoms with Gasteiger partial charge in [0.1, 0.15) is 5.82 Å². The Bertz CT molecular complexity index is 1020. The molecule has 2 aliphatic heterocycles. The molecule has 0 bridgehead atoms. The highest BCUT2D eigenvalue weighted by Crippen LogP contribution is 2.34. The molecule has 2 aromatic carbocycles. The van der Waals surface area contributed by atoms with Gasteiger partial charge in [0, 0.05) is 38.5 Å². The van der Waals surface area contributed by atoms with Crippen LogP contribution in [-0.2, 0) is 4.79 Å². The minimum atomic E-state index is -0.00379. The average Bonchev–Trinajstić information content (AvgIpc) is 3.34. The SMILES string of the molecule is O=C(CCN1CC(c2ccccc2)C1)N1CCC[C@H]1c1nc2cc(Cl)c(Cl)cc2[nH]1. The number of nitrogens with one attached hydrogen (secondary N) is 1. The quantitative estimate of drug-likeness (QED) is 0.602. The fourth-order valence-corrected chi connectivity index (χ4v) is 4.94. The van der Waals surface area contributed by atoms with Crippen molar-refractivity contribution < 1.29 is 4.79 Å². The van der Waals surface area contributed by atoms with Crippen molar-refractivity contribution >= 4 is 40.1 Å². The third-order valence-electron chi connectivity index (χ3n) is 6.30. The van der Waals surface area contributed by atoms with Gasteiger partial charge in [-0.15, -0.1) is 0 Å². The molecule has 1 amide bonds. The van der Waals surface area contributed by atoms with Crippen LogP contribution in [0.4, 0.5) is 0 Å². The van der Waals surface area contributed by atoms with Gasteiger partial charge >= 0.3 is 0 Å². The molecule has 0 radical (unpaired) electrons. The van der Waals surface area contributed by atoms with Crippen LogP contribution in [0.2, 0.25) is 10.0 Å². The molecule has 0 aliphatic carbocycles. The van der Waals surface area contributed by atoms with Gasteiger partial charge in [-0.25, -0.2) is 4.98 Å². The normalized spacial score (nSPS) is 20.1. The first-order valence-electron chi connectivity index (χ1n) is 10.5. The molecule has 3 heterocycles. The summed E-state index contributed by atoms with van der Waals surface area (Å²) >= 11 is 12.2. The Morgan fingerprint density at radius 1 is 1.13 bits per heavy atom. The fraction of sp³-hybridized carbons (Fsp3) is 0.391. The second-order valence-electron chi connectivity index (χ2n) is 8.27. The van der Waals surface area contributed by atoms with E-state index in [0.717, 1.165) is 55.9 Å². The number of fused-ring (bicyclic) bond motifs is 1. The molecule has 0 unspecified atom stereocenters. The number of hydrogen-bond acceptors (Lipinski definition) is 3. The highest BCUT2D eigenvalue weighted by molar-refractivity contribution is 6.42. The van der Waals surface area contributed by atoms with Crippen molar-refractivity contribution in [1.82, 2.24) is 19.8 Å².